The predicted molar refractivity (Wildman–Crippen MR) is 166 cm³/mol. The molecule has 2 aliphatic rings. The summed E-state index contributed by atoms with van der Waals surface area (Å²) >= 11 is 1.28. The van der Waals surface area contributed by atoms with Gasteiger partial charge in [-0.25, -0.2) is 18.5 Å². The van der Waals surface area contributed by atoms with Gasteiger partial charge in [0.15, 0.2) is 11.6 Å². The first-order chi connectivity index (χ1) is 20.0. The van der Waals surface area contributed by atoms with E-state index in [-0.39, 0.29) is 71.4 Å². The molecule has 5 rings (SSSR count). The van der Waals surface area contributed by atoms with Crippen LogP contribution in [0.25, 0.3) is 10.9 Å². The molecule has 0 bridgehead atoms. The number of rotatable bonds is 7. The standard InChI is InChI=1S/C30H35FN6O4S.CH3.Cr/c1-6-35(5)42-34-26-10-8-24(31)27(23(26)14-32)40-21-7-9-25-22(13-21)28(38)37(17-33-25)20-11-18-15-36(16-19(18)12-20)29(39)41-30(2,3)4;;/h7-10,13,17-20,34H,6,11-12,15-16H2,1-5H3;1H3;/q;-1;. The zero-order valence-electron chi connectivity index (χ0n) is 25.8. The summed E-state index contributed by atoms with van der Waals surface area (Å²) < 4.78 is 32.9. The van der Waals surface area contributed by atoms with Crippen molar-refractivity contribution in [2.45, 2.75) is 52.2 Å². The Hall–Kier alpha value is -3.29. The van der Waals surface area contributed by atoms with Gasteiger partial charge >= 0.3 is 6.09 Å². The molecule has 2 fully saturated rings. The van der Waals surface area contributed by atoms with Gasteiger partial charge in [0.05, 0.1) is 22.9 Å². The number of aromatic nitrogens is 2. The summed E-state index contributed by atoms with van der Waals surface area (Å²) in [6, 6.07) is 9.51. The minimum absolute atomic E-state index is 0. The number of nitrogens with one attached hydrogen (secondary N) is 1. The zero-order chi connectivity index (χ0) is 30.2. The van der Waals surface area contributed by atoms with Crippen molar-refractivity contribution >= 4 is 34.8 Å². The van der Waals surface area contributed by atoms with Gasteiger partial charge in [-0.1, -0.05) is 6.92 Å². The van der Waals surface area contributed by atoms with Crippen molar-refractivity contribution in [2.75, 3.05) is 31.4 Å². The van der Waals surface area contributed by atoms with E-state index < -0.39 is 11.4 Å². The van der Waals surface area contributed by atoms with E-state index in [1.807, 2.05) is 45.1 Å². The number of nitrogens with zero attached hydrogens (tertiary/aromatic N) is 5. The van der Waals surface area contributed by atoms with Crippen LogP contribution in [0.4, 0.5) is 14.9 Å². The van der Waals surface area contributed by atoms with Crippen LogP contribution in [-0.4, -0.2) is 57.1 Å². The summed E-state index contributed by atoms with van der Waals surface area (Å²) in [7, 11) is 1.89. The monoisotopic (exact) mass is 661 g/mol. The average Bonchev–Trinajstić information content (AvgIpc) is 3.52. The number of ether oxygens (including phenoxy) is 2. The average molecular weight is 662 g/mol. The second-order valence-corrected chi connectivity index (χ2v) is 12.8. The van der Waals surface area contributed by atoms with Gasteiger partial charge < -0.3 is 26.5 Å². The second-order valence-electron chi connectivity index (χ2n) is 11.8. The molecule has 0 spiro atoms. The quantitative estimate of drug-likeness (QED) is 0.227. The van der Waals surface area contributed by atoms with Crippen molar-refractivity contribution < 1.29 is 36.0 Å². The number of anilines is 1. The topological polar surface area (TPSA) is 113 Å². The van der Waals surface area contributed by atoms with E-state index in [1.165, 1.54) is 24.3 Å². The largest absolute Gasteiger partial charge is 0.453 e. The fourth-order valence-corrected chi connectivity index (χ4v) is 6.13. The normalized spacial score (nSPS) is 19.1. The third-order valence-corrected chi connectivity index (χ3v) is 8.60. The van der Waals surface area contributed by atoms with E-state index in [1.54, 1.807) is 34.0 Å². The van der Waals surface area contributed by atoms with Crippen LogP contribution in [0.3, 0.4) is 0 Å². The minimum Gasteiger partial charge on any atom is -0.453 e. The smallest absolute Gasteiger partial charge is 0.410 e. The molecule has 2 heterocycles. The summed E-state index contributed by atoms with van der Waals surface area (Å²) in [5, 5.41) is 10.2. The van der Waals surface area contributed by atoms with E-state index in [4.69, 9.17) is 9.47 Å². The van der Waals surface area contributed by atoms with Crippen molar-refractivity contribution in [1.29, 1.82) is 5.26 Å². The Balaban J connectivity index is 0.00000264. The maximum absolute atomic E-state index is 14.9. The number of hydrogen-bond donors (Lipinski definition) is 1. The van der Waals surface area contributed by atoms with E-state index in [0.29, 0.717) is 29.7 Å². The Morgan fingerprint density at radius 3 is 2.52 bits per heavy atom. The van der Waals surface area contributed by atoms with Crippen molar-refractivity contribution in [2.24, 2.45) is 11.8 Å². The molecule has 1 N–H and O–H groups in total. The molecule has 13 heteroatoms. The fraction of sp³-hybridized carbons (Fsp3) is 0.452. The van der Waals surface area contributed by atoms with Crippen LogP contribution in [0.2, 0.25) is 0 Å². The molecule has 2 unspecified atom stereocenters. The molecule has 236 valence electrons. The molecule has 1 saturated heterocycles. The minimum atomic E-state index is -0.687. The third-order valence-electron chi connectivity index (χ3n) is 7.72. The van der Waals surface area contributed by atoms with Gasteiger partial charge in [-0.3, -0.25) is 9.36 Å². The third kappa shape index (κ3) is 7.49. The SMILES string of the molecule is CCN(C)SNc1ccc(F)c(Oc2ccc3ncn(C4CC5CN(C(=O)OC(C)(C)C)CC5C4)c(=O)c3c2)c1C#N.[CH3-].[Cr]. The van der Waals surface area contributed by atoms with Gasteiger partial charge in [-0.05, 0) is 82.8 Å². The number of benzene rings is 2. The van der Waals surface area contributed by atoms with Crippen LogP contribution in [0.15, 0.2) is 41.5 Å². The van der Waals surface area contributed by atoms with Gasteiger partial charge in [0, 0.05) is 55.2 Å². The van der Waals surface area contributed by atoms with Crippen LogP contribution in [-0.2, 0) is 22.1 Å². The molecular weight excluding hydrogens is 623 g/mol. The van der Waals surface area contributed by atoms with Crippen LogP contribution in [0, 0.1) is 36.4 Å². The molecule has 2 aromatic carbocycles. The van der Waals surface area contributed by atoms with Crippen molar-refractivity contribution in [3.8, 4) is 17.6 Å². The van der Waals surface area contributed by atoms with E-state index in [0.717, 1.165) is 19.4 Å². The molecule has 1 aromatic heterocycles. The molecule has 1 saturated carbocycles. The number of hydrogen-bond acceptors (Lipinski definition) is 9. The number of nitriles is 1. The van der Waals surface area contributed by atoms with Gasteiger partial charge in [0.25, 0.3) is 5.56 Å². The molecule has 2 atom stereocenters. The number of carbonyl (C=O) groups excluding carboxylic acids is 1. The number of amides is 1. The Morgan fingerprint density at radius 2 is 1.91 bits per heavy atom. The van der Waals surface area contributed by atoms with Crippen molar-refractivity contribution in [3.05, 3.63) is 65.8 Å². The summed E-state index contributed by atoms with van der Waals surface area (Å²) in [5.74, 6) is -0.121. The molecule has 1 amide bonds. The van der Waals surface area contributed by atoms with Gasteiger partial charge in [0.2, 0.25) is 0 Å². The molecule has 1 aliphatic heterocycles. The molecule has 3 aromatic rings. The summed E-state index contributed by atoms with van der Waals surface area (Å²) in [4.78, 5) is 32.4. The van der Waals surface area contributed by atoms with Gasteiger partial charge in [-0.15, -0.1) is 0 Å². The number of fused-ring (bicyclic) bond motifs is 2. The maximum Gasteiger partial charge on any atom is 0.410 e. The number of carbonyl (C=O) groups is 1. The molecule has 10 nitrogen and oxygen atoms in total. The first-order valence-corrected chi connectivity index (χ1v) is 14.8. The molecule has 44 heavy (non-hydrogen) atoms. The maximum atomic E-state index is 14.9. The fourth-order valence-electron chi connectivity index (χ4n) is 5.57. The van der Waals surface area contributed by atoms with Crippen LogP contribution in [0.1, 0.15) is 52.1 Å². The van der Waals surface area contributed by atoms with E-state index >= 15 is 0 Å². The molecule has 0 radical (unpaired) electrons. The van der Waals surface area contributed by atoms with Gasteiger partial charge in [0.1, 0.15) is 23.0 Å². The first kappa shape index (κ1) is 35.2. The van der Waals surface area contributed by atoms with Gasteiger partial charge in [-0.2, -0.15) is 5.26 Å². The predicted octanol–water partition coefficient (Wildman–Crippen LogP) is 6.39. The Bertz CT molecular complexity index is 1590. The first-order valence-electron chi connectivity index (χ1n) is 14.0. The summed E-state index contributed by atoms with van der Waals surface area (Å²) in [6.45, 7) is 9.53. The molecule has 1 aliphatic carbocycles. The second kappa shape index (κ2) is 14.2. The van der Waals surface area contributed by atoms with Crippen molar-refractivity contribution in [3.63, 3.8) is 0 Å². The summed E-state index contributed by atoms with van der Waals surface area (Å²) in [6.07, 6.45) is 2.80. The molecular formula is C31H38CrFN6O4S-. The van der Waals surface area contributed by atoms with E-state index in [2.05, 4.69) is 9.71 Å². The van der Waals surface area contributed by atoms with E-state index in [9.17, 15) is 19.2 Å². The van der Waals surface area contributed by atoms with Crippen LogP contribution >= 0.6 is 12.1 Å². The van der Waals surface area contributed by atoms with Crippen LogP contribution < -0.4 is 15.0 Å². The Morgan fingerprint density at radius 1 is 1.23 bits per heavy atom. The number of halogens is 1. The number of likely N-dealkylation sites (tertiary alicyclic amines) is 1. The van der Waals surface area contributed by atoms with Crippen LogP contribution in [0.5, 0.6) is 11.5 Å². The zero-order valence-corrected chi connectivity index (χ0v) is 27.9. The Kier molecular flexibility index (Phi) is 11.4. The Labute approximate surface area is 272 Å². The summed E-state index contributed by atoms with van der Waals surface area (Å²) in [5.41, 5.74) is 0.175. The van der Waals surface area contributed by atoms with Crippen molar-refractivity contribution in [1.82, 2.24) is 18.8 Å².